The molecule has 0 unspecified atom stereocenters. The highest BCUT2D eigenvalue weighted by Gasteiger charge is 2.24. The Labute approximate surface area is 71.4 Å². The molecule has 2 nitrogen and oxygen atoms in total. The van der Waals surface area contributed by atoms with E-state index in [1.165, 1.54) is 0 Å². The van der Waals surface area contributed by atoms with Gasteiger partial charge in [0.1, 0.15) is 0 Å². The van der Waals surface area contributed by atoms with E-state index < -0.39 is 8.07 Å². The maximum atomic E-state index is 5.54. The predicted octanol–water partition coefficient (Wildman–Crippen LogP) is 1.39. The molecular weight excluding hydrogens is 152 g/mol. The van der Waals surface area contributed by atoms with Gasteiger partial charge in [-0.1, -0.05) is 19.6 Å². The molecule has 0 spiro atoms. The van der Waals surface area contributed by atoms with Crippen LogP contribution in [0.5, 0.6) is 0 Å². The lowest BCUT2D eigenvalue weighted by Gasteiger charge is -2.28. The number of hydrogen-bond acceptors (Lipinski definition) is 2. The van der Waals surface area contributed by atoms with Crippen LogP contribution in [-0.2, 0) is 0 Å². The van der Waals surface area contributed by atoms with Gasteiger partial charge in [-0.05, 0) is 31.5 Å². The Bertz CT molecular complexity index is 92.8. The fraction of sp³-hybridized carbons (Fsp3) is 1.00. The zero-order valence-electron chi connectivity index (χ0n) is 8.06. The van der Waals surface area contributed by atoms with Gasteiger partial charge in [-0.3, -0.25) is 0 Å². The Kier molecular flexibility index (Phi) is 4.96. The van der Waals surface area contributed by atoms with Gasteiger partial charge in [0.25, 0.3) is 0 Å². The highest BCUT2D eigenvalue weighted by atomic mass is 28.3. The second-order valence-corrected chi connectivity index (χ2v) is 9.77. The molecule has 0 aromatic rings. The van der Waals surface area contributed by atoms with E-state index in [1.807, 2.05) is 0 Å². The van der Waals surface area contributed by atoms with Gasteiger partial charge < -0.3 is 11.5 Å². The molecule has 0 heterocycles. The Hall–Kier alpha value is 0.137. The Morgan fingerprint density at radius 2 is 1.36 bits per heavy atom. The molecule has 0 saturated carbocycles. The molecule has 3 heteroatoms. The normalized spacial score (nSPS) is 12.5. The smallest absolute Gasteiger partial charge is 0.0474 e. The SMILES string of the molecule is C[Si](C)(C)C(CCN)CCN. The van der Waals surface area contributed by atoms with Gasteiger partial charge in [0.15, 0.2) is 0 Å². The van der Waals surface area contributed by atoms with Crippen LogP contribution < -0.4 is 11.5 Å². The maximum absolute atomic E-state index is 5.54. The van der Waals surface area contributed by atoms with Gasteiger partial charge in [-0.25, -0.2) is 0 Å². The summed E-state index contributed by atoms with van der Waals surface area (Å²) in [6, 6.07) is 0. The molecule has 4 N–H and O–H groups in total. The van der Waals surface area contributed by atoms with Crippen molar-refractivity contribution in [3.63, 3.8) is 0 Å². The quantitative estimate of drug-likeness (QED) is 0.619. The third-order valence-corrected chi connectivity index (χ3v) is 5.28. The van der Waals surface area contributed by atoms with E-state index >= 15 is 0 Å². The summed E-state index contributed by atoms with van der Waals surface area (Å²) in [6.45, 7) is 8.80. The van der Waals surface area contributed by atoms with Crippen molar-refractivity contribution in [2.24, 2.45) is 11.5 Å². The lowest BCUT2D eigenvalue weighted by molar-refractivity contribution is 0.671. The van der Waals surface area contributed by atoms with E-state index in [2.05, 4.69) is 19.6 Å². The molecule has 0 aliphatic heterocycles. The third-order valence-electron chi connectivity index (χ3n) is 2.26. The first-order valence-corrected chi connectivity index (χ1v) is 8.00. The maximum Gasteiger partial charge on any atom is 0.0474 e. The molecule has 0 atom stereocenters. The van der Waals surface area contributed by atoms with E-state index in [0.717, 1.165) is 31.5 Å². The molecule has 0 radical (unpaired) electrons. The van der Waals surface area contributed by atoms with Crippen LogP contribution in [0.3, 0.4) is 0 Å². The van der Waals surface area contributed by atoms with Crippen LogP contribution in [0.2, 0.25) is 25.2 Å². The molecular formula is C8H22N2Si. The van der Waals surface area contributed by atoms with Gasteiger partial charge in [0.2, 0.25) is 0 Å². The van der Waals surface area contributed by atoms with Gasteiger partial charge >= 0.3 is 0 Å². The second kappa shape index (κ2) is 4.90. The van der Waals surface area contributed by atoms with Gasteiger partial charge in [0.05, 0.1) is 0 Å². The van der Waals surface area contributed by atoms with Crippen molar-refractivity contribution in [2.75, 3.05) is 13.1 Å². The zero-order valence-corrected chi connectivity index (χ0v) is 9.06. The Morgan fingerprint density at radius 1 is 1.00 bits per heavy atom. The standard InChI is InChI=1S/C8H22N2Si/c1-11(2,3)8(4-6-9)5-7-10/h8H,4-7,9-10H2,1-3H3. The molecule has 0 saturated heterocycles. The van der Waals surface area contributed by atoms with Gasteiger partial charge in [0, 0.05) is 8.07 Å². The molecule has 0 aliphatic rings. The molecule has 0 aromatic carbocycles. The van der Waals surface area contributed by atoms with E-state index in [1.54, 1.807) is 0 Å². The fourth-order valence-electron chi connectivity index (χ4n) is 1.41. The van der Waals surface area contributed by atoms with E-state index in [-0.39, 0.29) is 0 Å². The number of rotatable bonds is 5. The van der Waals surface area contributed by atoms with Crippen LogP contribution in [0, 0.1) is 0 Å². The van der Waals surface area contributed by atoms with Crippen LogP contribution in [0.1, 0.15) is 12.8 Å². The molecule has 11 heavy (non-hydrogen) atoms. The minimum absolute atomic E-state index is 0.814. The summed E-state index contributed by atoms with van der Waals surface area (Å²) in [5.41, 5.74) is 11.9. The first-order chi connectivity index (χ1) is 5.02. The van der Waals surface area contributed by atoms with Crippen molar-refractivity contribution in [2.45, 2.75) is 38.0 Å². The monoisotopic (exact) mass is 174 g/mol. The van der Waals surface area contributed by atoms with E-state index in [9.17, 15) is 0 Å². The number of hydrogen-bond donors (Lipinski definition) is 2. The highest BCUT2D eigenvalue weighted by molar-refractivity contribution is 6.77. The van der Waals surface area contributed by atoms with Crippen molar-refractivity contribution in [3.8, 4) is 0 Å². The fourth-order valence-corrected chi connectivity index (χ4v) is 3.48. The first-order valence-electron chi connectivity index (χ1n) is 4.42. The average molecular weight is 174 g/mol. The van der Waals surface area contributed by atoms with Crippen LogP contribution >= 0.6 is 0 Å². The second-order valence-electron chi connectivity index (χ2n) is 4.22. The van der Waals surface area contributed by atoms with Crippen LogP contribution in [0.25, 0.3) is 0 Å². The summed E-state index contributed by atoms with van der Waals surface area (Å²) < 4.78 is 0. The minimum Gasteiger partial charge on any atom is -0.330 e. The summed E-state index contributed by atoms with van der Waals surface area (Å²) in [5.74, 6) is 0. The van der Waals surface area contributed by atoms with E-state index in [0.29, 0.717) is 0 Å². The summed E-state index contributed by atoms with van der Waals surface area (Å²) >= 11 is 0. The Balaban J connectivity index is 3.88. The first kappa shape index (κ1) is 11.1. The molecule has 0 fully saturated rings. The third kappa shape index (κ3) is 4.56. The summed E-state index contributed by atoms with van der Waals surface area (Å²) in [5, 5.41) is 0. The van der Waals surface area contributed by atoms with Crippen LogP contribution in [-0.4, -0.2) is 21.2 Å². The largest absolute Gasteiger partial charge is 0.330 e. The van der Waals surface area contributed by atoms with Crippen molar-refractivity contribution < 1.29 is 0 Å². The summed E-state index contributed by atoms with van der Waals surface area (Å²) in [7, 11) is -0.989. The van der Waals surface area contributed by atoms with Crippen LogP contribution in [0.15, 0.2) is 0 Å². The molecule has 68 valence electrons. The van der Waals surface area contributed by atoms with Crippen LogP contribution in [0.4, 0.5) is 0 Å². The summed E-state index contributed by atoms with van der Waals surface area (Å²) in [6.07, 6.45) is 2.32. The molecule has 0 amide bonds. The lowest BCUT2D eigenvalue weighted by atomic mass is 10.2. The molecule has 0 aromatic heterocycles. The van der Waals surface area contributed by atoms with Crippen molar-refractivity contribution >= 4 is 8.07 Å². The minimum atomic E-state index is -0.989. The van der Waals surface area contributed by atoms with Crippen molar-refractivity contribution in [1.82, 2.24) is 0 Å². The van der Waals surface area contributed by atoms with Gasteiger partial charge in [-0.15, -0.1) is 0 Å². The summed E-state index contributed by atoms with van der Waals surface area (Å²) in [4.78, 5) is 0. The molecule has 0 rings (SSSR count). The van der Waals surface area contributed by atoms with Crippen molar-refractivity contribution in [3.05, 3.63) is 0 Å². The van der Waals surface area contributed by atoms with Crippen molar-refractivity contribution in [1.29, 1.82) is 0 Å². The zero-order chi connectivity index (χ0) is 8.91. The highest BCUT2D eigenvalue weighted by Crippen LogP contribution is 2.27. The topological polar surface area (TPSA) is 52.0 Å². The Morgan fingerprint density at radius 3 is 1.55 bits per heavy atom. The van der Waals surface area contributed by atoms with E-state index in [4.69, 9.17) is 11.5 Å². The lowest BCUT2D eigenvalue weighted by Crippen LogP contribution is -2.31. The number of nitrogens with two attached hydrogens (primary N) is 2. The average Bonchev–Trinajstić information content (AvgIpc) is 1.85. The van der Waals surface area contributed by atoms with Gasteiger partial charge in [-0.2, -0.15) is 0 Å². The molecule has 0 bridgehead atoms. The molecule has 0 aliphatic carbocycles. The predicted molar refractivity (Wildman–Crippen MR) is 54.4 cm³/mol.